The van der Waals surface area contributed by atoms with Gasteiger partial charge in [0, 0.05) is 33.1 Å². The Morgan fingerprint density at radius 1 is 1.59 bits per heavy atom. The largest absolute Gasteiger partial charge is 0.392 e. The summed E-state index contributed by atoms with van der Waals surface area (Å²) >= 11 is 0. The maximum atomic E-state index is 11.8. The molecule has 1 aliphatic heterocycles. The quantitative estimate of drug-likeness (QED) is 0.668. The standard InChI is InChI=1S/C12H25N3O2/c1-14(7-3-6-13)12(17)5-9-15-8-2-4-11(16)10-15/h11,16H,2-10,13H2,1H3. The van der Waals surface area contributed by atoms with Gasteiger partial charge in [-0.25, -0.2) is 0 Å². The predicted octanol–water partition coefficient (Wildman–Crippen LogP) is -0.360. The number of hydrogen-bond acceptors (Lipinski definition) is 4. The lowest BCUT2D eigenvalue weighted by Crippen LogP contribution is -2.40. The molecule has 1 fully saturated rings. The molecule has 0 radical (unpaired) electrons. The number of likely N-dealkylation sites (tertiary alicyclic amines) is 1. The molecule has 1 unspecified atom stereocenters. The predicted molar refractivity (Wildman–Crippen MR) is 67.6 cm³/mol. The van der Waals surface area contributed by atoms with Crippen LogP contribution in [0.1, 0.15) is 25.7 Å². The van der Waals surface area contributed by atoms with Crippen LogP contribution >= 0.6 is 0 Å². The summed E-state index contributed by atoms with van der Waals surface area (Å²) in [5.74, 6) is 0.165. The molecule has 3 N–H and O–H groups in total. The van der Waals surface area contributed by atoms with Gasteiger partial charge in [-0.1, -0.05) is 0 Å². The first-order chi connectivity index (χ1) is 8.13. The molecule has 0 aromatic heterocycles. The van der Waals surface area contributed by atoms with E-state index in [0.717, 1.165) is 38.9 Å². The Bertz CT molecular complexity index is 236. The van der Waals surface area contributed by atoms with Crippen molar-refractivity contribution in [1.82, 2.24) is 9.80 Å². The zero-order valence-corrected chi connectivity index (χ0v) is 10.8. The Kier molecular flexibility index (Phi) is 6.47. The van der Waals surface area contributed by atoms with Gasteiger partial charge in [-0.15, -0.1) is 0 Å². The van der Waals surface area contributed by atoms with E-state index in [1.54, 1.807) is 4.90 Å². The van der Waals surface area contributed by atoms with Crippen LogP contribution in [-0.4, -0.2) is 66.7 Å². The number of nitrogens with two attached hydrogens (primary N) is 1. The Labute approximate surface area is 104 Å². The minimum atomic E-state index is -0.214. The maximum Gasteiger partial charge on any atom is 0.223 e. The molecule has 5 heteroatoms. The molecule has 1 atom stereocenters. The average molecular weight is 243 g/mol. The van der Waals surface area contributed by atoms with Crippen LogP contribution in [0.5, 0.6) is 0 Å². The van der Waals surface area contributed by atoms with Gasteiger partial charge in [0.1, 0.15) is 0 Å². The van der Waals surface area contributed by atoms with Crippen LogP contribution in [0.4, 0.5) is 0 Å². The molecule has 1 aliphatic rings. The summed E-state index contributed by atoms with van der Waals surface area (Å²) in [7, 11) is 1.82. The van der Waals surface area contributed by atoms with Gasteiger partial charge in [0.05, 0.1) is 6.10 Å². The van der Waals surface area contributed by atoms with Gasteiger partial charge in [0.2, 0.25) is 5.91 Å². The SMILES string of the molecule is CN(CCCN)C(=O)CCN1CCCC(O)C1. The fourth-order valence-corrected chi connectivity index (χ4v) is 2.13. The normalized spacial score (nSPS) is 21.5. The lowest BCUT2D eigenvalue weighted by Gasteiger charge is -2.30. The second-order valence-electron chi connectivity index (χ2n) is 4.80. The molecule has 1 amide bonds. The van der Waals surface area contributed by atoms with Crippen molar-refractivity contribution in [1.29, 1.82) is 0 Å². The van der Waals surface area contributed by atoms with Crippen molar-refractivity contribution < 1.29 is 9.90 Å². The Balaban J connectivity index is 2.18. The van der Waals surface area contributed by atoms with Crippen molar-refractivity contribution in [2.75, 3.05) is 39.8 Å². The van der Waals surface area contributed by atoms with Crippen LogP contribution in [0.25, 0.3) is 0 Å². The van der Waals surface area contributed by atoms with Crippen molar-refractivity contribution >= 4 is 5.91 Å². The molecule has 1 rings (SSSR count). The third-order valence-electron chi connectivity index (χ3n) is 3.25. The number of hydrogen-bond donors (Lipinski definition) is 2. The van der Waals surface area contributed by atoms with Crippen LogP contribution in [0.15, 0.2) is 0 Å². The molecule has 17 heavy (non-hydrogen) atoms. The van der Waals surface area contributed by atoms with Crippen LogP contribution < -0.4 is 5.73 Å². The van der Waals surface area contributed by atoms with Gasteiger partial charge in [0.25, 0.3) is 0 Å². The number of rotatable bonds is 6. The highest BCUT2D eigenvalue weighted by Gasteiger charge is 2.18. The molecule has 0 aromatic carbocycles. The summed E-state index contributed by atoms with van der Waals surface area (Å²) in [6, 6.07) is 0. The molecule has 0 saturated carbocycles. The molecular weight excluding hydrogens is 218 g/mol. The summed E-state index contributed by atoms with van der Waals surface area (Å²) < 4.78 is 0. The number of aliphatic hydroxyl groups is 1. The minimum Gasteiger partial charge on any atom is -0.392 e. The summed E-state index contributed by atoms with van der Waals surface area (Å²) in [6.07, 6.45) is 3.09. The van der Waals surface area contributed by atoms with Gasteiger partial charge in [-0.2, -0.15) is 0 Å². The summed E-state index contributed by atoms with van der Waals surface area (Å²) in [5.41, 5.74) is 5.41. The monoisotopic (exact) mass is 243 g/mol. The Morgan fingerprint density at radius 2 is 2.35 bits per heavy atom. The minimum absolute atomic E-state index is 0.165. The molecule has 0 aliphatic carbocycles. The number of piperidine rings is 1. The first-order valence-corrected chi connectivity index (χ1v) is 6.48. The van der Waals surface area contributed by atoms with Crippen molar-refractivity contribution in [3.05, 3.63) is 0 Å². The third kappa shape index (κ3) is 5.48. The van der Waals surface area contributed by atoms with Crippen molar-refractivity contribution in [2.45, 2.75) is 31.8 Å². The highest BCUT2D eigenvalue weighted by Crippen LogP contribution is 2.10. The number of carbonyl (C=O) groups excluding carboxylic acids is 1. The van der Waals surface area contributed by atoms with Gasteiger partial charge < -0.3 is 20.6 Å². The van der Waals surface area contributed by atoms with Crippen LogP contribution in [0, 0.1) is 0 Å². The zero-order valence-electron chi connectivity index (χ0n) is 10.8. The highest BCUT2D eigenvalue weighted by atomic mass is 16.3. The topological polar surface area (TPSA) is 69.8 Å². The van der Waals surface area contributed by atoms with E-state index < -0.39 is 0 Å². The van der Waals surface area contributed by atoms with Crippen molar-refractivity contribution in [2.24, 2.45) is 5.73 Å². The molecule has 1 saturated heterocycles. The van der Waals surface area contributed by atoms with E-state index >= 15 is 0 Å². The number of amides is 1. The number of nitrogens with zero attached hydrogens (tertiary/aromatic N) is 2. The van der Waals surface area contributed by atoms with E-state index in [9.17, 15) is 9.90 Å². The molecule has 1 heterocycles. The molecule has 0 bridgehead atoms. The number of aliphatic hydroxyl groups excluding tert-OH is 1. The summed E-state index contributed by atoms with van der Waals surface area (Å²) in [4.78, 5) is 15.7. The summed E-state index contributed by atoms with van der Waals surface area (Å²) in [6.45, 7) is 3.81. The average Bonchev–Trinajstić information content (AvgIpc) is 2.33. The molecular formula is C12H25N3O2. The molecule has 0 aromatic rings. The van der Waals surface area contributed by atoms with Crippen molar-refractivity contribution in [3.63, 3.8) is 0 Å². The van der Waals surface area contributed by atoms with Gasteiger partial charge >= 0.3 is 0 Å². The fraction of sp³-hybridized carbons (Fsp3) is 0.917. The van der Waals surface area contributed by atoms with Crippen LogP contribution in [-0.2, 0) is 4.79 Å². The molecule has 5 nitrogen and oxygen atoms in total. The first-order valence-electron chi connectivity index (χ1n) is 6.48. The van der Waals surface area contributed by atoms with Gasteiger partial charge in [0.15, 0.2) is 0 Å². The van der Waals surface area contributed by atoms with Crippen LogP contribution in [0.2, 0.25) is 0 Å². The smallest absolute Gasteiger partial charge is 0.223 e. The highest BCUT2D eigenvalue weighted by molar-refractivity contribution is 5.76. The third-order valence-corrected chi connectivity index (χ3v) is 3.25. The van der Waals surface area contributed by atoms with Crippen LogP contribution in [0.3, 0.4) is 0 Å². The summed E-state index contributed by atoms with van der Waals surface area (Å²) in [5, 5.41) is 9.52. The zero-order chi connectivity index (χ0) is 12.7. The van der Waals surface area contributed by atoms with Gasteiger partial charge in [-0.3, -0.25) is 4.79 Å². The number of β-amino-alcohol motifs (C(OH)–C–C–N with tert-alkyl or cyclic N) is 1. The van der Waals surface area contributed by atoms with Gasteiger partial charge in [-0.05, 0) is 32.4 Å². The molecule has 0 spiro atoms. The fourth-order valence-electron chi connectivity index (χ4n) is 2.13. The van der Waals surface area contributed by atoms with E-state index in [2.05, 4.69) is 4.90 Å². The second kappa shape index (κ2) is 7.63. The van der Waals surface area contributed by atoms with E-state index in [4.69, 9.17) is 5.73 Å². The second-order valence-corrected chi connectivity index (χ2v) is 4.80. The van der Waals surface area contributed by atoms with E-state index in [0.29, 0.717) is 19.5 Å². The van der Waals surface area contributed by atoms with E-state index in [1.165, 1.54) is 0 Å². The lowest BCUT2D eigenvalue weighted by atomic mass is 10.1. The molecule has 100 valence electrons. The Hall–Kier alpha value is -0.650. The number of carbonyl (C=O) groups is 1. The first kappa shape index (κ1) is 14.4. The Morgan fingerprint density at radius 3 is 3.00 bits per heavy atom. The van der Waals surface area contributed by atoms with E-state index in [1.807, 2.05) is 7.05 Å². The van der Waals surface area contributed by atoms with Crippen molar-refractivity contribution in [3.8, 4) is 0 Å². The maximum absolute atomic E-state index is 11.8. The van der Waals surface area contributed by atoms with E-state index in [-0.39, 0.29) is 12.0 Å². The lowest BCUT2D eigenvalue weighted by molar-refractivity contribution is -0.130.